The Bertz CT molecular complexity index is 827. The van der Waals surface area contributed by atoms with Gasteiger partial charge in [0.25, 0.3) is 5.69 Å². The summed E-state index contributed by atoms with van der Waals surface area (Å²) in [5, 5.41) is 13.6. The molecule has 0 unspecified atom stereocenters. The maximum Gasteiger partial charge on any atom is 0.270 e. The molecule has 7 nitrogen and oxygen atoms in total. The molecule has 1 aliphatic heterocycles. The number of benzene rings is 2. The summed E-state index contributed by atoms with van der Waals surface area (Å²) in [5.74, 6) is -0.289. The van der Waals surface area contributed by atoms with Gasteiger partial charge in [-0.3, -0.25) is 19.8 Å². The minimum atomic E-state index is -0.462. The molecule has 0 atom stereocenters. The highest BCUT2D eigenvalue weighted by Gasteiger charge is 2.10. The van der Waals surface area contributed by atoms with Gasteiger partial charge in [0.15, 0.2) is 0 Å². The Balaban J connectivity index is 1.54. The van der Waals surface area contributed by atoms with Crippen LogP contribution in [0.3, 0.4) is 0 Å². The molecule has 1 saturated heterocycles. The molecule has 1 aliphatic rings. The van der Waals surface area contributed by atoms with Crippen LogP contribution in [-0.2, 0) is 16.1 Å². The average Bonchev–Trinajstić information content (AvgIpc) is 2.69. The summed E-state index contributed by atoms with van der Waals surface area (Å²) in [5.41, 5.74) is 2.48. The standard InChI is InChI=1S/C20H21N3O4/c24-20(9-6-16-2-1-3-19(14-16)23(25)26)21-18-7-4-17(5-8-18)15-22-10-12-27-13-11-22/h1-9,14H,10-13,15H2,(H,21,24)/b9-6+. The lowest BCUT2D eigenvalue weighted by molar-refractivity contribution is -0.384. The molecule has 27 heavy (non-hydrogen) atoms. The normalized spacial score (nSPS) is 15.0. The molecule has 0 spiro atoms. The molecule has 0 bridgehead atoms. The number of nitrogens with zero attached hydrogens (tertiary/aromatic N) is 2. The molecule has 2 aromatic rings. The number of carbonyl (C=O) groups is 1. The van der Waals surface area contributed by atoms with Gasteiger partial charge in [0.1, 0.15) is 0 Å². The fourth-order valence-corrected chi connectivity index (χ4v) is 2.81. The summed E-state index contributed by atoms with van der Waals surface area (Å²) in [7, 11) is 0. The number of nitrogens with one attached hydrogen (secondary N) is 1. The van der Waals surface area contributed by atoms with E-state index in [1.807, 2.05) is 24.3 Å². The van der Waals surface area contributed by atoms with Crippen molar-refractivity contribution >= 4 is 23.4 Å². The van der Waals surface area contributed by atoms with Crippen molar-refractivity contribution in [3.63, 3.8) is 0 Å². The lowest BCUT2D eigenvalue weighted by atomic mass is 10.1. The molecule has 1 fully saturated rings. The van der Waals surface area contributed by atoms with Crippen LogP contribution in [0, 0.1) is 10.1 Å². The molecule has 0 aromatic heterocycles. The highest BCUT2D eigenvalue weighted by molar-refractivity contribution is 6.01. The lowest BCUT2D eigenvalue weighted by Crippen LogP contribution is -2.35. The van der Waals surface area contributed by atoms with E-state index >= 15 is 0 Å². The summed E-state index contributed by atoms with van der Waals surface area (Å²) in [6.07, 6.45) is 2.91. The van der Waals surface area contributed by atoms with E-state index in [0.29, 0.717) is 11.3 Å². The van der Waals surface area contributed by atoms with Crippen LogP contribution in [0.25, 0.3) is 6.08 Å². The van der Waals surface area contributed by atoms with Crippen molar-refractivity contribution in [2.45, 2.75) is 6.54 Å². The van der Waals surface area contributed by atoms with Crippen LogP contribution in [0.15, 0.2) is 54.6 Å². The van der Waals surface area contributed by atoms with Crippen molar-refractivity contribution in [1.82, 2.24) is 4.90 Å². The second-order valence-electron chi connectivity index (χ2n) is 6.26. The summed E-state index contributed by atoms with van der Waals surface area (Å²) in [6.45, 7) is 4.27. The number of hydrogen-bond acceptors (Lipinski definition) is 5. The van der Waals surface area contributed by atoms with E-state index in [1.165, 1.54) is 23.8 Å². The molecular formula is C20H21N3O4. The third-order valence-corrected chi connectivity index (χ3v) is 4.24. The Hall–Kier alpha value is -3.03. The predicted octanol–water partition coefficient (Wildman–Crippen LogP) is 3.08. The van der Waals surface area contributed by atoms with E-state index in [2.05, 4.69) is 10.2 Å². The quantitative estimate of drug-likeness (QED) is 0.482. The summed E-state index contributed by atoms with van der Waals surface area (Å²) >= 11 is 0. The van der Waals surface area contributed by atoms with Crippen molar-refractivity contribution in [3.8, 4) is 0 Å². The zero-order valence-electron chi connectivity index (χ0n) is 14.8. The number of hydrogen-bond donors (Lipinski definition) is 1. The molecule has 2 aromatic carbocycles. The van der Waals surface area contributed by atoms with E-state index in [1.54, 1.807) is 18.2 Å². The highest BCUT2D eigenvalue weighted by Crippen LogP contribution is 2.15. The van der Waals surface area contributed by atoms with E-state index in [0.717, 1.165) is 32.8 Å². The van der Waals surface area contributed by atoms with Crippen LogP contribution >= 0.6 is 0 Å². The lowest BCUT2D eigenvalue weighted by Gasteiger charge is -2.26. The molecule has 0 saturated carbocycles. The second-order valence-corrected chi connectivity index (χ2v) is 6.26. The summed E-state index contributed by atoms with van der Waals surface area (Å²) < 4.78 is 5.34. The van der Waals surface area contributed by atoms with Crippen LogP contribution in [0.4, 0.5) is 11.4 Å². The van der Waals surface area contributed by atoms with Gasteiger partial charge in [-0.1, -0.05) is 24.3 Å². The Kier molecular flexibility index (Phi) is 6.30. The largest absolute Gasteiger partial charge is 0.379 e. The molecule has 1 heterocycles. The first-order valence-corrected chi connectivity index (χ1v) is 8.73. The Morgan fingerprint density at radius 3 is 2.63 bits per heavy atom. The molecular weight excluding hydrogens is 346 g/mol. The Labute approximate surface area is 157 Å². The zero-order valence-corrected chi connectivity index (χ0v) is 14.8. The number of nitro benzene ring substituents is 1. The molecule has 3 rings (SSSR count). The molecule has 7 heteroatoms. The molecule has 0 aliphatic carbocycles. The van der Waals surface area contributed by atoms with Crippen LogP contribution in [0.2, 0.25) is 0 Å². The topological polar surface area (TPSA) is 84.7 Å². The van der Waals surface area contributed by atoms with Gasteiger partial charge < -0.3 is 10.1 Å². The number of nitro groups is 1. The zero-order chi connectivity index (χ0) is 19.1. The van der Waals surface area contributed by atoms with Crippen molar-refractivity contribution in [2.75, 3.05) is 31.6 Å². The fourth-order valence-electron chi connectivity index (χ4n) is 2.81. The first-order chi connectivity index (χ1) is 13.1. The first-order valence-electron chi connectivity index (χ1n) is 8.73. The van der Waals surface area contributed by atoms with Crippen molar-refractivity contribution in [2.24, 2.45) is 0 Å². The van der Waals surface area contributed by atoms with Gasteiger partial charge >= 0.3 is 0 Å². The van der Waals surface area contributed by atoms with E-state index in [4.69, 9.17) is 4.74 Å². The summed E-state index contributed by atoms with van der Waals surface area (Å²) in [6, 6.07) is 13.9. The maximum atomic E-state index is 12.1. The van der Waals surface area contributed by atoms with E-state index in [-0.39, 0.29) is 11.6 Å². The van der Waals surface area contributed by atoms with Crippen molar-refractivity contribution < 1.29 is 14.5 Å². The van der Waals surface area contributed by atoms with Crippen molar-refractivity contribution in [1.29, 1.82) is 0 Å². The van der Waals surface area contributed by atoms with Gasteiger partial charge in [-0.25, -0.2) is 0 Å². The minimum absolute atomic E-state index is 0.00610. The van der Waals surface area contributed by atoms with Crippen LogP contribution in [0.5, 0.6) is 0 Å². The van der Waals surface area contributed by atoms with Gasteiger partial charge in [0.2, 0.25) is 5.91 Å². The number of amides is 1. The van der Waals surface area contributed by atoms with Gasteiger partial charge in [-0.05, 0) is 29.3 Å². The second kappa shape index (κ2) is 9.07. The third kappa shape index (κ3) is 5.73. The van der Waals surface area contributed by atoms with E-state index < -0.39 is 4.92 Å². The van der Waals surface area contributed by atoms with Gasteiger partial charge in [0, 0.05) is 43.5 Å². The van der Waals surface area contributed by atoms with Crippen LogP contribution < -0.4 is 5.32 Å². The number of non-ortho nitro benzene ring substituents is 1. The molecule has 0 radical (unpaired) electrons. The van der Waals surface area contributed by atoms with Gasteiger partial charge in [0.05, 0.1) is 18.1 Å². The number of carbonyl (C=O) groups excluding carboxylic acids is 1. The minimum Gasteiger partial charge on any atom is -0.379 e. The maximum absolute atomic E-state index is 12.1. The van der Waals surface area contributed by atoms with Gasteiger partial charge in [-0.15, -0.1) is 0 Å². The number of ether oxygens (including phenoxy) is 1. The number of anilines is 1. The first kappa shape index (κ1) is 18.8. The monoisotopic (exact) mass is 367 g/mol. The Morgan fingerprint density at radius 2 is 1.93 bits per heavy atom. The third-order valence-electron chi connectivity index (χ3n) is 4.24. The SMILES string of the molecule is O=C(/C=C/c1cccc([N+](=O)[O-])c1)Nc1ccc(CN2CCOCC2)cc1. The Morgan fingerprint density at radius 1 is 1.19 bits per heavy atom. The molecule has 140 valence electrons. The number of morpholine rings is 1. The highest BCUT2D eigenvalue weighted by atomic mass is 16.6. The smallest absolute Gasteiger partial charge is 0.270 e. The summed E-state index contributed by atoms with van der Waals surface area (Å²) in [4.78, 5) is 24.7. The van der Waals surface area contributed by atoms with Crippen LogP contribution in [-0.4, -0.2) is 42.0 Å². The molecule has 1 amide bonds. The van der Waals surface area contributed by atoms with Crippen LogP contribution in [0.1, 0.15) is 11.1 Å². The molecule has 1 N–H and O–H groups in total. The van der Waals surface area contributed by atoms with E-state index in [9.17, 15) is 14.9 Å². The predicted molar refractivity (Wildman–Crippen MR) is 103 cm³/mol. The average molecular weight is 367 g/mol. The van der Waals surface area contributed by atoms with Gasteiger partial charge in [-0.2, -0.15) is 0 Å². The fraction of sp³-hybridized carbons (Fsp3) is 0.250. The number of rotatable bonds is 6. The van der Waals surface area contributed by atoms with Crippen molar-refractivity contribution in [3.05, 3.63) is 75.8 Å².